The Morgan fingerprint density at radius 3 is 2.32 bits per heavy atom. The van der Waals surface area contributed by atoms with Crippen LogP contribution < -0.4 is 14.9 Å². The molecule has 8 nitrogen and oxygen atoms in total. The second-order valence-electron chi connectivity index (χ2n) is 5.39. The summed E-state index contributed by atoms with van der Waals surface area (Å²) in [6.07, 6.45) is 0. The number of benzene rings is 2. The fraction of sp³-hybridized carbons (Fsp3) is 0.188. The number of carbonyl (C=O) groups excluding carboxylic acids is 1. The molecule has 0 radical (unpaired) electrons. The van der Waals surface area contributed by atoms with E-state index in [0.29, 0.717) is 12.1 Å². The Hall–Kier alpha value is -2.70. The zero-order valence-electron chi connectivity index (χ0n) is 14.8. The first kappa shape index (κ1) is 21.6. The van der Waals surface area contributed by atoms with Crippen molar-refractivity contribution in [3.8, 4) is 5.75 Å². The van der Waals surface area contributed by atoms with Crippen molar-refractivity contribution >= 4 is 34.3 Å². The summed E-state index contributed by atoms with van der Waals surface area (Å²) in [5.41, 5.74) is -1.91. The molecule has 28 heavy (non-hydrogen) atoms. The second-order valence-corrected chi connectivity index (χ2v) is 7.01. The van der Waals surface area contributed by atoms with Gasteiger partial charge >= 0.3 is 13.1 Å². The lowest BCUT2D eigenvalue weighted by Crippen LogP contribution is -2.36. The first-order valence-electron chi connectivity index (χ1n) is 7.84. The van der Waals surface area contributed by atoms with Crippen LogP contribution in [0.25, 0.3) is 0 Å². The first-order chi connectivity index (χ1) is 13.1. The van der Waals surface area contributed by atoms with Crippen molar-refractivity contribution in [3.63, 3.8) is 0 Å². The van der Waals surface area contributed by atoms with Gasteiger partial charge in [-0.3, -0.25) is 4.72 Å². The molecule has 0 fully saturated rings. The molecule has 2 rings (SSSR count). The van der Waals surface area contributed by atoms with Crippen LogP contribution in [0.2, 0.25) is 0 Å². The van der Waals surface area contributed by atoms with Crippen LogP contribution in [-0.2, 0) is 14.8 Å². The Balaban J connectivity index is 2.55. The topological polar surface area (TPSA) is 122 Å². The minimum Gasteiger partial charge on any atom is -0.492 e. The van der Waals surface area contributed by atoms with Crippen molar-refractivity contribution in [1.29, 1.82) is 0 Å². The van der Waals surface area contributed by atoms with Gasteiger partial charge < -0.3 is 19.5 Å². The third kappa shape index (κ3) is 4.40. The molecule has 0 heterocycles. The molecule has 0 saturated heterocycles. The number of anilines is 1. The van der Waals surface area contributed by atoms with Gasteiger partial charge in [-0.05, 0) is 25.1 Å². The smallest absolute Gasteiger partial charge is 0.489 e. The van der Waals surface area contributed by atoms with Gasteiger partial charge in [0, 0.05) is 5.46 Å². The normalized spacial score (nSPS) is 11.1. The Morgan fingerprint density at radius 1 is 1.21 bits per heavy atom. The Kier molecular flexibility index (Phi) is 6.59. The van der Waals surface area contributed by atoms with E-state index in [0.717, 1.165) is 13.2 Å². The maximum absolute atomic E-state index is 14.1. The summed E-state index contributed by atoms with van der Waals surface area (Å²) in [5, 5.41) is 19.0. The fourth-order valence-corrected chi connectivity index (χ4v) is 3.83. The van der Waals surface area contributed by atoms with Crippen LogP contribution in [0.5, 0.6) is 5.75 Å². The molecule has 2 aromatic rings. The number of nitrogens with one attached hydrogen (secondary N) is 1. The molecule has 0 aliphatic heterocycles. The van der Waals surface area contributed by atoms with Crippen molar-refractivity contribution in [2.75, 3.05) is 18.4 Å². The third-order valence-electron chi connectivity index (χ3n) is 3.54. The van der Waals surface area contributed by atoms with Crippen LogP contribution in [0.1, 0.15) is 17.3 Å². The number of esters is 1. The molecule has 0 aliphatic carbocycles. The minimum atomic E-state index is -4.56. The van der Waals surface area contributed by atoms with E-state index in [9.17, 15) is 32.0 Å². The van der Waals surface area contributed by atoms with Gasteiger partial charge in [0.2, 0.25) is 0 Å². The number of rotatable bonds is 7. The van der Waals surface area contributed by atoms with E-state index in [1.807, 2.05) is 4.72 Å². The fourth-order valence-electron chi connectivity index (χ4n) is 2.43. The van der Waals surface area contributed by atoms with Crippen molar-refractivity contribution in [2.45, 2.75) is 11.8 Å². The van der Waals surface area contributed by atoms with Crippen LogP contribution in [0.4, 0.5) is 14.5 Å². The minimum absolute atomic E-state index is 0.0740. The first-order valence-corrected chi connectivity index (χ1v) is 9.32. The van der Waals surface area contributed by atoms with E-state index in [-0.39, 0.29) is 12.4 Å². The molecule has 0 aromatic heterocycles. The van der Waals surface area contributed by atoms with Gasteiger partial charge in [-0.25, -0.2) is 22.0 Å². The van der Waals surface area contributed by atoms with E-state index in [1.54, 1.807) is 6.92 Å². The number of carbonyl (C=O) groups is 1. The average Bonchev–Trinajstić information content (AvgIpc) is 2.60. The number of ether oxygens (including phenoxy) is 2. The highest BCUT2D eigenvalue weighted by molar-refractivity contribution is 7.93. The summed E-state index contributed by atoms with van der Waals surface area (Å²) in [5.74, 6) is -4.14. The Morgan fingerprint density at radius 2 is 1.82 bits per heavy atom. The molecule has 3 N–H and O–H groups in total. The van der Waals surface area contributed by atoms with E-state index in [4.69, 9.17) is 4.74 Å². The number of halogens is 2. The predicted molar refractivity (Wildman–Crippen MR) is 95.9 cm³/mol. The molecule has 0 saturated carbocycles. The zero-order valence-corrected chi connectivity index (χ0v) is 15.6. The van der Waals surface area contributed by atoms with Gasteiger partial charge in [0.25, 0.3) is 10.0 Å². The molecule has 0 unspecified atom stereocenters. The molecular formula is C16H16BF2NO7S. The number of hydrogen-bond acceptors (Lipinski definition) is 7. The van der Waals surface area contributed by atoms with Gasteiger partial charge in [-0.1, -0.05) is 12.1 Å². The van der Waals surface area contributed by atoms with Gasteiger partial charge in [0.15, 0.2) is 0 Å². The summed E-state index contributed by atoms with van der Waals surface area (Å²) < 4.78 is 65.1. The molecule has 2 aromatic carbocycles. The molecule has 0 amide bonds. The van der Waals surface area contributed by atoms with Crippen molar-refractivity contribution < 1.29 is 41.5 Å². The second kappa shape index (κ2) is 8.54. The summed E-state index contributed by atoms with van der Waals surface area (Å²) in [6.45, 7) is 1.66. The SMILES string of the molecule is CCOc1cccc(B(O)O)c1S(=O)(=O)Nc1cc(F)c(C(=O)OC)c(F)c1. The average molecular weight is 415 g/mol. The predicted octanol–water partition coefficient (Wildman–Crippen LogP) is 0.631. The van der Waals surface area contributed by atoms with Gasteiger partial charge in [0.05, 0.1) is 19.4 Å². The summed E-state index contributed by atoms with van der Waals surface area (Å²) in [4.78, 5) is 10.8. The highest BCUT2D eigenvalue weighted by Gasteiger charge is 2.30. The molecule has 0 aliphatic rings. The standard InChI is InChI=1S/C16H16BF2NO7S/c1-3-27-13-6-4-5-10(17(22)23)15(13)28(24,25)20-9-7-11(18)14(12(19)8-9)16(21)26-2/h4-8,20,22-23H,3H2,1-2H3. The maximum atomic E-state index is 14.1. The van der Waals surface area contributed by atoms with E-state index < -0.39 is 56.4 Å². The van der Waals surface area contributed by atoms with Crippen molar-refractivity contribution in [1.82, 2.24) is 0 Å². The van der Waals surface area contributed by atoms with Crippen LogP contribution in [0.3, 0.4) is 0 Å². The number of methoxy groups -OCH3 is 1. The Bertz CT molecular complexity index is 975. The third-order valence-corrected chi connectivity index (χ3v) is 5.02. The van der Waals surface area contributed by atoms with Gasteiger partial charge in [0.1, 0.15) is 27.8 Å². The maximum Gasteiger partial charge on any atom is 0.489 e. The highest BCUT2D eigenvalue weighted by Crippen LogP contribution is 2.26. The summed E-state index contributed by atoms with van der Waals surface area (Å²) in [7, 11) is -5.77. The molecule has 0 bridgehead atoms. The van der Waals surface area contributed by atoms with Crippen molar-refractivity contribution in [2.24, 2.45) is 0 Å². The highest BCUT2D eigenvalue weighted by atomic mass is 32.2. The largest absolute Gasteiger partial charge is 0.492 e. The van der Waals surface area contributed by atoms with Gasteiger partial charge in [-0.15, -0.1) is 0 Å². The number of hydrogen-bond donors (Lipinski definition) is 3. The lowest BCUT2D eigenvalue weighted by atomic mass is 9.80. The molecule has 12 heteroatoms. The molecule has 0 atom stereocenters. The zero-order chi connectivity index (χ0) is 21.1. The molecule has 0 spiro atoms. The summed E-state index contributed by atoms with van der Waals surface area (Å²) >= 11 is 0. The quantitative estimate of drug-likeness (QED) is 0.448. The lowest BCUT2D eigenvalue weighted by Gasteiger charge is -2.16. The van der Waals surface area contributed by atoms with Crippen molar-refractivity contribution in [3.05, 3.63) is 47.5 Å². The number of sulfonamides is 1. The van der Waals surface area contributed by atoms with Crippen LogP contribution in [-0.4, -0.2) is 45.3 Å². The van der Waals surface area contributed by atoms with E-state index in [2.05, 4.69) is 4.74 Å². The van der Waals surface area contributed by atoms with Crippen LogP contribution in [0.15, 0.2) is 35.2 Å². The van der Waals surface area contributed by atoms with E-state index >= 15 is 0 Å². The molecule has 150 valence electrons. The Labute approximate surface area is 159 Å². The van der Waals surface area contributed by atoms with Gasteiger partial charge in [-0.2, -0.15) is 0 Å². The van der Waals surface area contributed by atoms with Crippen LogP contribution in [0, 0.1) is 11.6 Å². The summed E-state index contributed by atoms with van der Waals surface area (Å²) in [6, 6.07) is 4.95. The van der Waals surface area contributed by atoms with E-state index in [1.165, 1.54) is 12.1 Å². The lowest BCUT2D eigenvalue weighted by molar-refractivity contribution is 0.0590. The monoisotopic (exact) mass is 415 g/mol. The van der Waals surface area contributed by atoms with Crippen LogP contribution >= 0.6 is 0 Å². The molecular weight excluding hydrogens is 399 g/mol.